The third-order valence-electron chi connectivity index (χ3n) is 2.82. The summed E-state index contributed by atoms with van der Waals surface area (Å²) in [6.07, 6.45) is 1.12. The molecule has 0 unspecified atom stereocenters. The van der Waals surface area contributed by atoms with Gasteiger partial charge in [-0.05, 0) is 12.1 Å². The molecule has 9 nitrogen and oxygen atoms in total. The number of methoxy groups -OCH3 is 1. The topological polar surface area (TPSA) is 116 Å². The van der Waals surface area contributed by atoms with Crippen molar-refractivity contribution in [1.29, 1.82) is 0 Å². The molecule has 128 valence electrons. The fourth-order valence-corrected chi connectivity index (χ4v) is 1.75. The minimum atomic E-state index is -1.24. The number of amides is 1. The lowest BCUT2D eigenvalue weighted by molar-refractivity contribution is -0.116. The van der Waals surface area contributed by atoms with E-state index in [0.29, 0.717) is 6.61 Å². The largest absolute Gasteiger partial charge is 0.488 e. The maximum atomic E-state index is 13.8. The van der Waals surface area contributed by atoms with Crippen molar-refractivity contribution in [2.24, 2.45) is 0 Å². The molecule has 0 bridgehead atoms. The van der Waals surface area contributed by atoms with E-state index in [0.717, 1.165) is 16.9 Å². The Kier molecular flexibility index (Phi) is 5.79. The lowest BCUT2D eigenvalue weighted by Crippen LogP contribution is -2.19. The lowest BCUT2D eigenvalue weighted by atomic mass is 10.3. The van der Waals surface area contributed by atoms with Gasteiger partial charge in [-0.3, -0.25) is 4.79 Å². The SMILES string of the molecule is COCCOc1ccc(NC(=O)Cn2cc(C(=O)O)nn2)cc1F. The number of aromatic carboxylic acids is 1. The van der Waals surface area contributed by atoms with Gasteiger partial charge in [-0.1, -0.05) is 5.21 Å². The van der Waals surface area contributed by atoms with Crippen molar-refractivity contribution in [2.45, 2.75) is 6.54 Å². The Morgan fingerprint density at radius 2 is 2.17 bits per heavy atom. The Morgan fingerprint density at radius 3 is 2.79 bits per heavy atom. The molecule has 0 aliphatic carbocycles. The highest BCUT2D eigenvalue weighted by molar-refractivity contribution is 5.90. The average molecular weight is 338 g/mol. The molecule has 1 amide bonds. The van der Waals surface area contributed by atoms with E-state index in [9.17, 15) is 14.0 Å². The van der Waals surface area contributed by atoms with Gasteiger partial charge in [0.15, 0.2) is 17.3 Å². The first-order valence-electron chi connectivity index (χ1n) is 6.84. The maximum absolute atomic E-state index is 13.8. The van der Waals surface area contributed by atoms with Gasteiger partial charge >= 0.3 is 5.97 Å². The van der Waals surface area contributed by atoms with Gasteiger partial charge in [0.1, 0.15) is 13.2 Å². The molecular formula is C14H15FN4O5. The van der Waals surface area contributed by atoms with Crippen molar-refractivity contribution < 1.29 is 28.6 Å². The summed E-state index contributed by atoms with van der Waals surface area (Å²) in [5, 5.41) is 18.1. The molecule has 0 saturated carbocycles. The molecule has 1 aromatic heterocycles. The highest BCUT2D eigenvalue weighted by atomic mass is 19.1. The van der Waals surface area contributed by atoms with Crippen LogP contribution in [0.1, 0.15) is 10.5 Å². The van der Waals surface area contributed by atoms with Crippen LogP contribution in [0.2, 0.25) is 0 Å². The van der Waals surface area contributed by atoms with Gasteiger partial charge in [0, 0.05) is 18.9 Å². The van der Waals surface area contributed by atoms with Gasteiger partial charge in [0.2, 0.25) is 5.91 Å². The number of hydrogen-bond donors (Lipinski definition) is 2. The summed E-state index contributed by atoms with van der Waals surface area (Å²) in [5.74, 6) is -2.33. The van der Waals surface area contributed by atoms with E-state index in [1.165, 1.54) is 19.2 Å². The van der Waals surface area contributed by atoms with E-state index in [-0.39, 0.29) is 30.3 Å². The molecule has 1 aromatic carbocycles. The van der Waals surface area contributed by atoms with E-state index in [1.807, 2.05) is 0 Å². The normalized spacial score (nSPS) is 10.4. The van der Waals surface area contributed by atoms with Crippen LogP contribution < -0.4 is 10.1 Å². The van der Waals surface area contributed by atoms with Crippen LogP contribution in [-0.4, -0.2) is 52.3 Å². The molecule has 0 saturated heterocycles. The fraction of sp³-hybridized carbons (Fsp3) is 0.286. The molecule has 0 aliphatic rings. The Bertz CT molecular complexity index is 734. The van der Waals surface area contributed by atoms with Crippen molar-refractivity contribution in [1.82, 2.24) is 15.0 Å². The first-order valence-corrected chi connectivity index (χ1v) is 6.84. The number of benzene rings is 1. The van der Waals surface area contributed by atoms with E-state index < -0.39 is 17.7 Å². The predicted octanol–water partition coefficient (Wildman–Crippen LogP) is 0.779. The van der Waals surface area contributed by atoms with Crippen molar-refractivity contribution in [2.75, 3.05) is 25.6 Å². The predicted molar refractivity (Wildman–Crippen MR) is 79.4 cm³/mol. The molecule has 0 atom stereocenters. The molecule has 0 aliphatic heterocycles. The second-order valence-corrected chi connectivity index (χ2v) is 4.64. The number of nitrogens with zero attached hydrogens (tertiary/aromatic N) is 3. The van der Waals surface area contributed by atoms with Gasteiger partial charge in [0.25, 0.3) is 0 Å². The molecule has 1 heterocycles. The minimum Gasteiger partial charge on any atom is -0.488 e. The van der Waals surface area contributed by atoms with Crippen LogP contribution in [0.25, 0.3) is 0 Å². The second kappa shape index (κ2) is 8.02. The summed E-state index contributed by atoms with van der Waals surface area (Å²) in [4.78, 5) is 22.5. The van der Waals surface area contributed by atoms with E-state index in [4.69, 9.17) is 14.6 Å². The van der Waals surface area contributed by atoms with Crippen LogP contribution >= 0.6 is 0 Å². The highest BCUT2D eigenvalue weighted by Crippen LogP contribution is 2.21. The molecule has 0 radical (unpaired) electrons. The van der Waals surface area contributed by atoms with Gasteiger partial charge in [-0.15, -0.1) is 5.10 Å². The standard InChI is InChI=1S/C14H15FN4O5/c1-23-4-5-24-12-3-2-9(6-10(12)15)16-13(20)8-19-7-11(14(21)22)17-18-19/h2-3,6-7H,4-5,8H2,1H3,(H,16,20)(H,21,22). The first-order chi connectivity index (χ1) is 11.5. The number of carbonyl (C=O) groups excluding carboxylic acids is 1. The van der Waals surface area contributed by atoms with Crippen LogP contribution in [0.3, 0.4) is 0 Å². The minimum absolute atomic E-state index is 0.0485. The monoisotopic (exact) mass is 338 g/mol. The summed E-state index contributed by atoms with van der Waals surface area (Å²) >= 11 is 0. The number of hydrogen-bond acceptors (Lipinski definition) is 6. The molecule has 0 fully saturated rings. The third-order valence-corrected chi connectivity index (χ3v) is 2.82. The second-order valence-electron chi connectivity index (χ2n) is 4.64. The van der Waals surface area contributed by atoms with Crippen molar-refractivity contribution >= 4 is 17.6 Å². The number of halogens is 1. The number of carboxylic acid groups (broad SMARTS) is 1. The Labute approximate surface area is 136 Å². The van der Waals surface area contributed by atoms with Crippen molar-refractivity contribution in [3.05, 3.63) is 35.9 Å². The molecule has 24 heavy (non-hydrogen) atoms. The smallest absolute Gasteiger partial charge is 0.358 e. The van der Waals surface area contributed by atoms with Gasteiger partial charge in [0.05, 0.1) is 12.8 Å². The number of nitrogens with one attached hydrogen (secondary N) is 1. The first kappa shape index (κ1) is 17.3. The summed E-state index contributed by atoms with van der Waals surface area (Å²) < 4.78 is 24.9. The van der Waals surface area contributed by atoms with Crippen molar-refractivity contribution in [3.8, 4) is 5.75 Å². The van der Waals surface area contributed by atoms with E-state index in [1.54, 1.807) is 0 Å². The molecule has 2 N–H and O–H groups in total. The Hall–Kier alpha value is -3.01. The molecule has 2 aromatic rings. The quantitative estimate of drug-likeness (QED) is 0.683. The van der Waals surface area contributed by atoms with Crippen LogP contribution in [0.15, 0.2) is 24.4 Å². The van der Waals surface area contributed by atoms with Gasteiger partial charge in [-0.25, -0.2) is 13.9 Å². The van der Waals surface area contributed by atoms with Gasteiger partial charge in [-0.2, -0.15) is 0 Å². The van der Waals surface area contributed by atoms with E-state index in [2.05, 4.69) is 15.6 Å². The number of rotatable bonds is 8. The summed E-state index contributed by atoms with van der Waals surface area (Å²) in [6.45, 7) is 0.277. The van der Waals surface area contributed by atoms with Crippen LogP contribution in [0, 0.1) is 5.82 Å². The van der Waals surface area contributed by atoms with Gasteiger partial charge < -0.3 is 19.9 Å². The Balaban J connectivity index is 1.93. The number of carboxylic acids is 1. The Morgan fingerprint density at radius 1 is 1.38 bits per heavy atom. The third kappa shape index (κ3) is 4.74. The summed E-state index contributed by atoms with van der Waals surface area (Å²) in [5.41, 5.74) is -0.0402. The molecule has 2 rings (SSSR count). The van der Waals surface area contributed by atoms with Crippen LogP contribution in [0.5, 0.6) is 5.75 Å². The molecule has 10 heteroatoms. The summed E-state index contributed by atoms with van der Waals surface area (Å²) in [7, 11) is 1.51. The number of carbonyl (C=O) groups is 2. The number of ether oxygens (including phenoxy) is 2. The zero-order valence-electron chi connectivity index (χ0n) is 12.7. The number of anilines is 1. The maximum Gasteiger partial charge on any atom is 0.358 e. The van der Waals surface area contributed by atoms with Crippen molar-refractivity contribution in [3.63, 3.8) is 0 Å². The molecular weight excluding hydrogens is 323 g/mol. The summed E-state index contributed by atoms with van der Waals surface area (Å²) in [6, 6.07) is 3.98. The highest BCUT2D eigenvalue weighted by Gasteiger charge is 2.12. The number of aromatic nitrogens is 3. The fourth-order valence-electron chi connectivity index (χ4n) is 1.75. The molecule has 0 spiro atoms. The average Bonchev–Trinajstić information content (AvgIpc) is 2.98. The van der Waals surface area contributed by atoms with Crippen LogP contribution in [-0.2, 0) is 16.1 Å². The van der Waals surface area contributed by atoms with Crippen LogP contribution in [0.4, 0.5) is 10.1 Å². The zero-order chi connectivity index (χ0) is 17.5. The zero-order valence-corrected chi connectivity index (χ0v) is 12.7. The van der Waals surface area contributed by atoms with E-state index >= 15 is 0 Å². The lowest BCUT2D eigenvalue weighted by Gasteiger charge is -2.09.